The third kappa shape index (κ3) is 9.47. The summed E-state index contributed by atoms with van der Waals surface area (Å²) < 4.78 is 48.9. The molecule has 0 aromatic heterocycles. The fraction of sp³-hybridized carbons (Fsp3) is 0.926. The molecule has 4 saturated carbocycles. The monoisotopic (exact) mass is 1070 g/mol. The van der Waals surface area contributed by atoms with Crippen molar-refractivity contribution in [2.45, 2.75) is 242 Å². The smallest absolute Gasteiger partial charge is 0.187 e. The second kappa shape index (κ2) is 21.2. The van der Waals surface area contributed by atoms with Crippen molar-refractivity contribution in [2.24, 2.45) is 44.3 Å². The Hall–Kier alpha value is -1.36. The molecule has 0 radical (unpaired) electrons. The van der Waals surface area contributed by atoms with Gasteiger partial charge in [0, 0.05) is 17.4 Å². The van der Waals surface area contributed by atoms with E-state index in [2.05, 4.69) is 46.8 Å². The van der Waals surface area contributed by atoms with E-state index in [-0.39, 0.29) is 52.1 Å². The van der Waals surface area contributed by atoms with Gasteiger partial charge in [-0.3, -0.25) is 0 Å². The first-order valence-electron chi connectivity index (χ1n) is 27.4. The number of aliphatic hydroxyl groups excluding tert-OH is 13. The minimum atomic E-state index is -1.95. The van der Waals surface area contributed by atoms with Gasteiger partial charge in [0.05, 0.1) is 38.1 Å². The van der Waals surface area contributed by atoms with Gasteiger partial charge >= 0.3 is 0 Å². The molecule has 28 atom stereocenters. The molecule has 0 aromatic carbocycles. The quantitative estimate of drug-likeness (QED) is 0.108. The van der Waals surface area contributed by atoms with Crippen molar-refractivity contribution in [1.82, 2.24) is 0 Å². The van der Waals surface area contributed by atoms with Gasteiger partial charge in [-0.15, -0.1) is 0 Å². The van der Waals surface area contributed by atoms with E-state index in [1.807, 2.05) is 6.92 Å². The van der Waals surface area contributed by atoms with Crippen molar-refractivity contribution < 1.29 is 104 Å². The molecule has 0 spiro atoms. The lowest BCUT2D eigenvalue weighted by atomic mass is 9.36. The van der Waals surface area contributed by atoms with Crippen molar-refractivity contribution in [3.63, 3.8) is 0 Å². The topological polar surface area (TPSA) is 337 Å². The van der Waals surface area contributed by atoms with Gasteiger partial charge in [-0.1, -0.05) is 64.8 Å². The summed E-state index contributed by atoms with van der Waals surface area (Å²) >= 11 is 0. The molecule has 5 aliphatic carbocycles. The molecule has 9 aliphatic rings. The molecule has 21 heteroatoms. The first-order chi connectivity index (χ1) is 35.2. The largest absolute Gasteiger partial charge is 0.396 e. The molecule has 75 heavy (non-hydrogen) atoms. The van der Waals surface area contributed by atoms with Gasteiger partial charge < -0.3 is 104 Å². The minimum Gasteiger partial charge on any atom is -0.396 e. The van der Waals surface area contributed by atoms with Crippen molar-refractivity contribution >= 4 is 0 Å². The van der Waals surface area contributed by atoms with Gasteiger partial charge in [0.2, 0.25) is 0 Å². The zero-order valence-electron chi connectivity index (χ0n) is 44.7. The Kier molecular flexibility index (Phi) is 16.5. The molecular formula is C54H88O21. The standard InChI is InChI=1S/C54H88O21/c1-24-33(59)35(61)38(64)45(68-24)74-43-29(21-56)71-47(40(66)37(43)63)73-42-25(2)69-48(44(41(42)67)75-46-39(65)36(62)34(60)28(20-55)70-46)72-32-12-13-50(5)30(51(32,6)22-57)11-14-53(8)31(50)10-9-26-27-19-49(3,4)15-17-54(27,23-58)18-16-52(26,53)7/h9-10,24-25,27-30,32-48,55-67H,11-23H2,1-8H3/t24-,25+,27-,28+,29+,30+,32-,33+,34+,35-,36-,37-,38+,39+,40+,41-,42-,43+,44+,45-,46-,47-,48-,50-,51-,52+,53+,54+/m0/s1. The zero-order chi connectivity index (χ0) is 54.7. The van der Waals surface area contributed by atoms with Crippen LogP contribution in [-0.4, -0.2) is 222 Å². The Labute approximate surface area is 439 Å². The molecule has 8 fully saturated rings. The summed E-state index contributed by atoms with van der Waals surface area (Å²) in [6.45, 7) is 15.2. The maximum absolute atomic E-state index is 12.4. The van der Waals surface area contributed by atoms with Crippen LogP contribution in [0.4, 0.5) is 0 Å². The van der Waals surface area contributed by atoms with Crippen molar-refractivity contribution in [1.29, 1.82) is 0 Å². The van der Waals surface area contributed by atoms with Crippen LogP contribution in [0.15, 0.2) is 23.3 Å². The first kappa shape index (κ1) is 58.3. The van der Waals surface area contributed by atoms with Gasteiger partial charge in [-0.05, 0) is 105 Å². The van der Waals surface area contributed by atoms with Crippen LogP contribution in [0.1, 0.15) is 113 Å². The van der Waals surface area contributed by atoms with Crippen molar-refractivity contribution in [3.05, 3.63) is 23.3 Å². The van der Waals surface area contributed by atoms with Gasteiger partial charge in [-0.2, -0.15) is 0 Å². The van der Waals surface area contributed by atoms with Gasteiger partial charge in [0.15, 0.2) is 25.2 Å². The Morgan fingerprint density at radius 2 is 1.07 bits per heavy atom. The van der Waals surface area contributed by atoms with Gasteiger partial charge in [0.1, 0.15) is 85.5 Å². The number of rotatable bonds is 12. The van der Waals surface area contributed by atoms with E-state index in [1.54, 1.807) is 6.92 Å². The SMILES string of the molecule is C[C@@H]1O[C@@H](O[C@H]2[C@@H](O)[C@@H](O)[C@H](O[C@@H]3[C@H](O)[C@@H](O[C@@H]4O[C@H](CO)[C@@H](O)[C@H](O)[C@H]4O)[C@H](O[C@H]4CC[C@]5(C)C6=CC=C7[C@@H]8CC(C)(C)CC[C@]8(CO)CC[C@@]7(C)[C@]6(C)CC[C@H]5[C@]4(C)CO)O[C@@H]3C)O[C@@H]2CO)[C@H](O)[C@@H](O)[C@@H]1O. The minimum absolute atomic E-state index is 0.0937. The lowest BCUT2D eigenvalue weighted by molar-refractivity contribution is -0.397. The fourth-order valence-corrected chi connectivity index (χ4v) is 15.9. The summed E-state index contributed by atoms with van der Waals surface area (Å²) in [5.41, 5.74) is 1.25. The maximum atomic E-state index is 12.4. The Morgan fingerprint density at radius 3 is 1.71 bits per heavy atom. The molecule has 4 saturated heterocycles. The van der Waals surface area contributed by atoms with E-state index >= 15 is 0 Å². The molecular weight excluding hydrogens is 985 g/mol. The van der Waals surface area contributed by atoms with Crippen LogP contribution in [0.3, 0.4) is 0 Å². The van der Waals surface area contributed by atoms with Crippen molar-refractivity contribution in [3.8, 4) is 0 Å². The highest BCUT2D eigenvalue weighted by molar-refractivity contribution is 5.46. The first-order valence-corrected chi connectivity index (χ1v) is 27.4. The number of ether oxygens (including phenoxy) is 8. The number of aliphatic hydroxyl groups is 13. The van der Waals surface area contributed by atoms with Crippen LogP contribution in [0.25, 0.3) is 0 Å². The summed E-state index contributed by atoms with van der Waals surface area (Å²) in [5.74, 6) is 0.184. The average molecular weight is 1070 g/mol. The van der Waals surface area contributed by atoms with Crippen LogP contribution in [-0.2, 0) is 37.9 Å². The van der Waals surface area contributed by atoms with Gasteiger partial charge in [0.25, 0.3) is 0 Å². The molecule has 21 nitrogen and oxygen atoms in total. The van der Waals surface area contributed by atoms with Gasteiger partial charge in [-0.25, -0.2) is 0 Å². The summed E-state index contributed by atoms with van der Waals surface area (Å²) in [4.78, 5) is 0. The number of hydrogen-bond donors (Lipinski definition) is 13. The Balaban J connectivity index is 0.973. The van der Waals surface area contributed by atoms with E-state index in [0.29, 0.717) is 12.8 Å². The highest BCUT2D eigenvalue weighted by Gasteiger charge is 2.68. The Bertz CT molecular complexity index is 2070. The van der Waals surface area contributed by atoms with Crippen molar-refractivity contribution in [2.75, 3.05) is 26.4 Å². The summed E-state index contributed by atoms with van der Waals surface area (Å²) in [7, 11) is 0. The van der Waals surface area contributed by atoms with E-state index in [1.165, 1.54) is 18.1 Å². The molecule has 9 rings (SSSR count). The molecule has 0 aromatic rings. The van der Waals surface area contributed by atoms with Crippen LogP contribution >= 0.6 is 0 Å². The third-order valence-electron chi connectivity index (χ3n) is 21.0. The van der Waals surface area contributed by atoms with Crippen LogP contribution in [0, 0.1) is 44.3 Å². The predicted octanol–water partition coefficient (Wildman–Crippen LogP) is -0.614. The summed E-state index contributed by atoms with van der Waals surface area (Å²) in [6.07, 6.45) is -20.5. The molecule has 0 unspecified atom stereocenters. The summed E-state index contributed by atoms with van der Waals surface area (Å²) in [6, 6.07) is 0. The lowest BCUT2D eigenvalue weighted by Crippen LogP contribution is -2.68. The molecule has 0 bridgehead atoms. The Morgan fingerprint density at radius 1 is 0.493 bits per heavy atom. The van der Waals surface area contributed by atoms with E-state index < -0.39 is 148 Å². The van der Waals surface area contributed by atoms with E-state index in [9.17, 15) is 66.4 Å². The normalized spacial score (nSPS) is 54.9. The molecule has 4 heterocycles. The van der Waals surface area contributed by atoms with E-state index in [0.717, 1.165) is 44.9 Å². The fourth-order valence-electron chi connectivity index (χ4n) is 15.9. The van der Waals surface area contributed by atoms with Crippen LogP contribution < -0.4 is 0 Å². The number of hydrogen-bond acceptors (Lipinski definition) is 21. The van der Waals surface area contributed by atoms with Crippen LogP contribution in [0.2, 0.25) is 0 Å². The second-order valence-corrected chi connectivity index (χ2v) is 25.7. The third-order valence-corrected chi connectivity index (χ3v) is 21.0. The zero-order valence-corrected chi connectivity index (χ0v) is 44.7. The summed E-state index contributed by atoms with van der Waals surface area (Å²) in [5, 5.41) is 142. The molecule has 4 aliphatic heterocycles. The number of allylic oxidation sites excluding steroid dienone is 4. The van der Waals surface area contributed by atoms with Crippen LogP contribution in [0.5, 0.6) is 0 Å². The highest BCUT2D eigenvalue weighted by Crippen LogP contribution is 2.75. The molecule has 430 valence electrons. The lowest BCUT2D eigenvalue weighted by Gasteiger charge is -2.69. The molecule has 0 amide bonds. The number of fused-ring (bicyclic) bond motifs is 7. The maximum Gasteiger partial charge on any atom is 0.187 e. The second-order valence-electron chi connectivity index (χ2n) is 25.7. The molecule has 13 N–H and O–H groups in total. The average Bonchev–Trinajstić information content (AvgIpc) is 3.37. The highest BCUT2D eigenvalue weighted by atomic mass is 16.8. The predicted molar refractivity (Wildman–Crippen MR) is 261 cm³/mol. The van der Waals surface area contributed by atoms with E-state index in [4.69, 9.17) is 37.9 Å².